The van der Waals surface area contributed by atoms with Crippen molar-refractivity contribution in [2.45, 2.75) is 25.3 Å². The van der Waals surface area contributed by atoms with Crippen LogP contribution in [0, 0.1) is 0 Å². The molecule has 1 atom stereocenters. The molecule has 0 aliphatic carbocycles. The van der Waals surface area contributed by atoms with Gasteiger partial charge in [0.1, 0.15) is 6.04 Å². The van der Waals surface area contributed by atoms with Crippen LogP contribution in [0.5, 0.6) is 0 Å². The Morgan fingerprint density at radius 1 is 1.62 bits per heavy atom. The molecule has 0 amide bonds. The molecule has 1 aliphatic heterocycles. The predicted molar refractivity (Wildman–Crippen MR) is 55.2 cm³/mol. The maximum atomic E-state index is 10.9. The topological polar surface area (TPSA) is 40.5 Å². The van der Waals surface area contributed by atoms with Crippen molar-refractivity contribution in [1.82, 2.24) is 4.90 Å². The number of aliphatic carboxylic acids is 1. The number of carboxylic acids is 1. The van der Waals surface area contributed by atoms with Gasteiger partial charge in [0.2, 0.25) is 0 Å². The van der Waals surface area contributed by atoms with Gasteiger partial charge in [-0.2, -0.15) is 11.8 Å². The van der Waals surface area contributed by atoms with Crippen LogP contribution < -0.4 is 0 Å². The minimum atomic E-state index is -0.652. The van der Waals surface area contributed by atoms with Crippen LogP contribution in [-0.2, 0) is 4.79 Å². The first-order chi connectivity index (χ1) is 6.25. The maximum Gasteiger partial charge on any atom is 0.320 e. The Morgan fingerprint density at radius 3 is 3.00 bits per heavy atom. The molecule has 1 aliphatic rings. The van der Waals surface area contributed by atoms with E-state index in [9.17, 15) is 4.79 Å². The lowest BCUT2D eigenvalue weighted by molar-refractivity contribution is -0.144. The number of carboxylic acid groups (broad SMARTS) is 1. The van der Waals surface area contributed by atoms with Crippen LogP contribution in [0.4, 0.5) is 0 Å². The highest BCUT2D eigenvalue weighted by atomic mass is 32.2. The van der Waals surface area contributed by atoms with Crippen molar-refractivity contribution < 1.29 is 9.90 Å². The lowest BCUT2D eigenvalue weighted by atomic mass is 10.0. The molecular formula is C9H17NO2S. The molecule has 0 aromatic carbocycles. The average molecular weight is 203 g/mol. The minimum Gasteiger partial charge on any atom is -0.480 e. The number of hydrogen-bond acceptors (Lipinski definition) is 3. The summed E-state index contributed by atoms with van der Waals surface area (Å²) < 4.78 is 0. The summed E-state index contributed by atoms with van der Waals surface area (Å²) in [4.78, 5) is 13.0. The number of thioether (sulfide) groups is 1. The summed E-state index contributed by atoms with van der Waals surface area (Å²) in [6.07, 6.45) is 5.09. The zero-order valence-corrected chi connectivity index (χ0v) is 8.85. The summed E-state index contributed by atoms with van der Waals surface area (Å²) in [6.45, 7) is 1.87. The third kappa shape index (κ3) is 3.19. The molecule has 0 bridgehead atoms. The van der Waals surface area contributed by atoms with Crippen molar-refractivity contribution in [2.75, 3.05) is 25.1 Å². The van der Waals surface area contributed by atoms with Crippen LogP contribution in [0.3, 0.4) is 0 Å². The number of nitrogens with zero attached hydrogens (tertiary/aromatic N) is 1. The zero-order valence-electron chi connectivity index (χ0n) is 8.03. The highest BCUT2D eigenvalue weighted by Gasteiger charge is 2.27. The van der Waals surface area contributed by atoms with Gasteiger partial charge in [0.15, 0.2) is 0 Å². The van der Waals surface area contributed by atoms with Gasteiger partial charge in [0.05, 0.1) is 0 Å². The van der Waals surface area contributed by atoms with Gasteiger partial charge < -0.3 is 5.11 Å². The van der Waals surface area contributed by atoms with E-state index >= 15 is 0 Å². The molecule has 0 radical (unpaired) electrons. The maximum absolute atomic E-state index is 10.9. The van der Waals surface area contributed by atoms with Crippen molar-refractivity contribution in [1.29, 1.82) is 0 Å². The van der Waals surface area contributed by atoms with Gasteiger partial charge >= 0.3 is 5.97 Å². The number of carbonyl (C=O) groups is 1. The second kappa shape index (κ2) is 5.50. The number of piperidine rings is 1. The molecular weight excluding hydrogens is 186 g/mol. The molecule has 1 heterocycles. The molecule has 1 saturated heterocycles. The van der Waals surface area contributed by atoms with Crippen LogP contribution in [0.1, 0.15) is 19.3 Å². The molecule has 1 rings (SSSR count). The number of hydrogen-bond donors (Lipinski definition) is 1. The van der Waals surface area contributed by atoms with E-state index in [0.717, 1.165) is 38.1 Å². The number of likely N-dealkylation sites (tertiary alicyclic amines) is 1. The summed E-state index contributed by atoms with van der Waals surface area (Å²) in [5.41, 5.74) is 0. The van der Waals surface area contributed by atoms with E-state index in [1.54, 1.807) is 11.8 Å². The van der Waals surface area contributed by atoms with E-state index in [0.29, 0.717) is 0 Å². The summed E-state index contributed by atoms with van der Waals surface area (Å²) in [7, 11) is 0. The fourth-order valence-corrected chi connectivity index (χ4v) is 2.16. The molecule has 13 heavy (non-hydrogen) atoms. The van der Waals surface area contributed by atoms with Gasteiger partial charge in [0.25, 0.3) is 0 Å². The van der Waals surface area contributed by atoms with Crippen molar-refractivity contribution >= 4 is 17.7 Å². The van der Waals surface area contributed by atoms with E-state index < -0.39 is 5.97 Å². The van der Waals surface area contributed by atoms with Gasteiger partial charge in [-0.3, -0.25) is 9.69 Å². The fraction of sp³-hybridized carbons (Fsp3) is 0.889. The molecule has 0 aromatic rings. The first-order valence-corrected chi connectivity index (χ1v) is 6.11. The highest BCUT2D eigenvalue weighted by molar-refractivity contribution is 7.98. The van der Waals surface area contributed by atoms with E-state index in [1.807, 2.05) is 0 Å². The second-order valence-electron chi connectivity index (χ2n) is 3.38. The van der Waals surface area contributed by atoms with E-state index in [-0.39, 0.29) is 6.04 Å². The second-order valence-corrected chi connectivity index (χ2v) is 4.36. The normalized spacial score (nSPS) is 24.5. The van der Waals surface area contributed by atoms with Gasteiger partial charge in [-0.1, -0.05) is 6.42 Å². The quantitative estimate of drug-likeness (QED) is 0.747. The van der Waals surface area contributed by atoms with Crippen LogP contribution in [0.25, 0.3) is 0 Å². The van der Waals surface area contributed by atoms with Crippen molar-refractivity contribution in [3.63, 3.8) is 0 Å². The molecule has 1 unspecified atom stereocenters. The van der Waals surface area contributed by atoms with Crippen molar-refractivity contribution in [3.05, 3.63) is 0 Å². The molecule has 4 heteroatoms. The Balaban J connectivity index is 2.41. The van der Waals surface area contributed by atoms with Gasteiger partial charge in [-0.15, -0.1) is 0 Å². The van der Waals surface area contributed by atoms with Gasteiger partial charge in [0, 0.05) is 12.3 Å². The molecule has 0 saturated carbocycles. The van der Waals surface area contributed by atoms with E-state index in [4.69, 9.17) is 5.11 Å². The summed E-state index contributed by atoms with van der Waals surface area (Å²) in [5.74, 6) is 0.379. The third-order valence-corrected chi connectivity index (χ3v) is 3.07. The Morgan fingerprint density at radius 2 is 2.38 bits per heavy atom. The lowest BCUT2D eigenvalue weighted by Gasteiger charge is -2.32. The first kappa shape index (κ1) is 10.9. The zero-order chi connectivity index (χ0) is 9.68. The Labute approximate surface area is 83.5 Å². The Hall–Kier alpha value is -0.220. The van der Waals surface area contributed by atoms with Crippen molar-refractivity contribution in [3.8, 4) is 0 Å². The van der Waals surface area contributed by atoms with Crippen LogP contribution in [-0.4, -0.2) is 47.1 Å². The molecule has 76 valence electrons. The van der Waals surface area contributed by atoms with E-state index in [1.165, 1.54) is 0 Å². The molecule has 3 nitrogen and oxygen atoms in total. The molecule has 1 N–H and O–H groups in total. The average Bonchev–Trinajstić information content (AvgIpc) is 2.15. The van der Waals surface area contributed by atoms with Crippen LogP contribution >= 0.6 is 11.8 Å². The highest BCUT2D eigenvalue weighted by Crippen LogP contribution is 2.17. The molecule has 1 fully saturated rings. The smallest absolute Gasteiger partial charge is 0.320 e. The predicted octanol–water partition coefficient (Wildman–Crippen LogP) is 1.29. The number of rotatable bonds is 4. The molecule has 0 spiro atoms. The van der Waals surface area contributed by atoms with Crippen LogP contribution in [0.15, 0.2) is 0 Å². The third-order valence-electron chi connectivity index (χ3n) is 2.48. The monoisotopic (exact) mass is 203 g/mol. The summed E-state index contributed by atoms with van der Waals surface area (Å²) in [5, 5.41) is 8.96. The molecule has 0 aromatic heterocycles. The lowest BCUT2D eigenvalue weighted by Crippen LogP contribution is -2.45. The summed E-state index contributed by atoms with van der Waals surface area (Å²) >= 11 is 1.77. The van der Waals surface area contributed by atoms with E-state index in [2.05, 4.69) is 11.2 Å². The first-order valence-electron chi connectivity index (χ1n) is 4.71. The van der Waals surface area contributed by atoms with Crippen LogP contribution in [0.2, 0.25) is 0 Å². The Kier molecular flexibility index (Phi) is 4.59. The van der Waals surface area contributed by atoms with Gasteiger partial charge in [-0.25, -0.2) is 0 Å². The summed E-state index contributed by atoms with van der Waals surface area (Å²) in [6, 6.07) is -0.221. The minimum absolute atomic E-state index is 0.221. The fourth-order valence-electron chi connectivity index (χ4n) is 1.75. The van der Waals surface area contributed by atoms with Gasteiger partial charge in [-0.05, 0) is 25.6 Å². The SMILES string of the molecule is CSCCN1CCCCC1C(=O)O. The largest absolute Gasteiger partial charge is 0.480 e. The Bertz CT molecular complexity index is 175. The standard InChI is InChI=1S/C9H17NO2S/c1-13-7-6-10-5-3-2-4-8(10)9(11)12/h8H,2-7H2,1H3,(H,11,12). The van der Waals surface area contributed by atoms with Crippen molar-refractivity contribution in [2.24, 2.45) is 0 Å².